The molecule has 0 bridgehead atoms. The molecule has 0 heterocycles. The largest absolute Gasteiger partial charge is 0.395 e. The van der Waals surface area contributed by atoms with Gasteiger partial charge in [-0.15, -0.1) is 0 Å². The van der Waals surface area contributed by atoms with Crippen LogP contribution in [0.2, 0.25) is 0 Å². The third kappa shape index (κ3) is 5.00. The smallest absolute Gasteiger partial charge is 0.254 e. The molecule has 2 N–H and O–H groups in total. The van der Waals surface area contributed by atoms with E-state index in [0.717, 1.165) is 0 Å². The maximum atomic E-state index is 13.6. The van der Waals surface area contributed by atoms with E-state index in [1.165, 1.54) is 25.3 Å². The van der Waals surface area contributed by atoms with Crippen LogP contribution in [0.15, 0.2) is 18.2 Å². The summed E-state index contributed by atoms with van der Waals surface area (Å²) in [6.45, 7) is 2.07. The van der Waals surface area contributed by atoms with E-state index in [-0.39, 0.29) is 18.3 Å². The van der Waals surface area contributed by atoms with Crippen LogP contribution in [0, 0.1) is 17.7 Å². The summed E-state index contributed by atoms with van der Waals surface area (Å²) in [4.78, 5) is 11.9. The number of aliphatic hydroxyl groups excluding tert-OH is 1. The summed E-state index contributed by atoms with van der Waals surface area (Å²) < 4.78 is 18.6. The lowest BCUT2D eigenvalue weighted by Crippen LogP contribution is -2.32. The summed E-state index contributed by atoms with van der Waals surface area (Å²) in [6, 6.07) is 4.10. The Morgan fingerprint density at radius 3 is 2.95 bits per heavy atom. The molecule has 0 radical (unpaired) electrons. The molecule has 20 heavy (non-hydrogen) atoms. The Morgan fingerprint density at radius 1 is 1.55 bits per heavy atom. The number of carbonyl (C=O) groups excluding carboxylic acids is 1. The summed E-state index contributed by atoms with van der Waals surface area (Å²) in [6.07, 6.45) is 0.194. The highest BCUT2D eigenvalue weighted by Crippen LogP contribution is 2.10. The molecule has 1 unspecified atom stereocenters. The van der Waals surface area contributed by atoms with Crippen molar-refractivity contribution in [3.63, 3.8) is 0 Å². The number of amides is 1. The van der Waals surface area contributed by atoms with Crippen molar-refractivity contribution in [3.8, 4) is 11.8 Å². The van der Waals surface area contributed by atoms with Crippen molar-refractivity contribution in [2.45, 2.75) is 19.4 Å². The topological polar surface area (TPSA) is 58.6 Å². The first-order valence-electron chi connectivity index (χ1n) is 6.28. The molecule has 0 aliphatic heterocycles. The highest BCUT2D eigenvalue weighted by molar-refractivity contribution is 5.94. The van der Waals surface area contributed by atoms with Gasteiger partial charge in [0.15, 0.2) is 0 Å². The minimum atomic E-state index is -0.597. The Bertz CT molecular complexity index is 520. The second-order valence-corrected chi connectivity index (χ2v) is 4.23. The van der Waals surface area contributed by atoms with Gasteiger partial charge in [0.25, 0.3) is 5.91 Å². The van der Waals surface area contributed by atoms with Gasteiger partial charge in [-0.1, -0.05) is 11.8 Å². The van der Waals surface area contributed by atoms with Gasteiger partial charge in [0.05, 0.1) is 18.3 Å². The van der Waals surface area contributed by atoms with Gasteiger partial charge in [-0.2, -0.15) is 0 Å². The molecular weight excluding hydrogens is 261 g/mol. The SMILES string of the molecule is COC(C)CNC(=O)c1cc(C#CCCO)ccc1F. The monoisotopic (exact) mass is 279 g/mol. The van der Waals surface area contributed by atoms with Crippen LogP contribution in [0.25, 0.3) is 0 Å². The van der Waals surface area contributed by atoms with E-state index in [1.807, 2.05) is 0 Å². The normalized spacial score (nSPS) is 11.4. The number of ether oxygens (including phenoxy) is 1. The number of hydrogen-bond donors (Lipinski definition) is 2. The fraction of sp³-hybridized carbons (Fsp3) is 0.400. The minimum Gasteiger partial charge on any atom is -0.395 e. The van der Waals surface area contributed by atoms with Crippen LogP contribution in [0.1, 0.15) is 29.3 Å². The molecule has 0 aliphatic carbocycles. The number of benzene rings is 1. The molecule has 0 saturated heterocycles. The third-order valence-electron chi connectivity index (χ3n) is 2.63. The Hall–Kier alpha value is -1.90. The molecular formula is C15H18FNO3. The Labute approximate surface area is 117 Å². The fourth-order valence-electron chi connectivity index (χ4n) is 1.41. The van der Waals surface area contributed by atoms with Crippen molar-refractivity contribution in [2.24, 2.45) is 0 Å². The van der Waals surface area contributed by atoms with Crippen molar-refractivity contribution >= 4 is 5.91 Å². The first kappa shape index (κ1) is 16.2. The van der Waals surface area contributed by atoms with Gasteiger partial charge in [0.2, 0.25) is 0 Å². The Balaban J connectivity index is 2.81. The second kappa shape index (κ2) is 8.31. The molecule has 0 saturated carbocycles. The molecule has 108 valence electrons. The molecule has 0 aromatic heterocycles. The van der Waals surface area contributed by atoms with Gasteiger partial charge in [0, 0.05) is 25.6 Å². The van der Waals surface area contributed by atoms with E-state index in [9.17, 15) is 9.18 Å². The second-order valence-electron chi connectivity index (χ2n) is 4.23. The van der Waals surface area contributed by atoms with Crippen molar-refractivity contribution in [3.05, 3.63) is 35.1 Å². The number of halogens is 1. The number of carbonyl (C=O) groups is 1. The minimum absolute atomic E-state index is 0.0313. The van der Waals surface area contributed by atoms with E-state index in [0.29, 0.717) is 18.5 Å². The van der Waals surface area contributed by atoms with Crippen LogP contribution >= 0.6 is 0 Å². The van der Waals surface area contributed by atoms with Crippen LogP contribution < -0.4 is 5.32 Å². The van der Waals surface area contributed by atoms with Gasteiger partial charge in [-0.3, -0.25) is 4.79 Å². The lowest BCUT2D eigenvalue weighted by atomic mass is 10.1. The molecule has 1 aromatic rings. The zero-order chi connectivity index (χ0) is 15.0. The van der Waals surface area contributed by atoms with Crippen molar-refractivity contribution in [2.75, 3.05) is 20.3 Å². The Kier molecular flexibility index (Phi) is 6.71. The van der Waals surface area contributed by atoms with E-state index in [2.05, 4.69) is 17.2 Å². The fourth-order valence-corrected chi connectivity index (χ4v) is 1.41. The van der Waals surface area contributed by atoms with Crippen molar-refractivity contribution < 1.29 is 19.0 Å². The summed E-state index contributed by atoms with van der Waals surface area (Å²) >= 11 is 0. The Morgan fingerprint density at radius 2 is 2.30 bits per heavy atom. The average molecular weight is 279 g/mol. The van der Waals surface area contributed by atoms with Crippen molar-refractivity contribution in [1.29, 1.82) is 0 Å². The highest BCUT2D eigenvalue weighted by atomic mass is 19.1. The predicted molar refractivity (Wildman–Crippen MR) is 73.8 cm³/mol. The van der Waals surface area contributed by atoms with E-state index < -0.39 is 11.7 Å². The van der Waals surface area contributed by atoms with Crippen LogP contribution in [0.4, 0.5) is 4.39 Å². The maximum absolute atomic E-state index is 13.6. The molecule has 5 heteroatoms. The maximum Gasteiger partial charge on any atom is 0.254 e. The van der Waals surface area contributed by atoms with Crippen molar-refractivity contribution in [1.82, 2.24) is 5.32 Å². The highest BCUT2D eigenvalue weighted by Gasteiger charge is 2.12. The molecule has 0 fully saturated rings. The van der Waals surface area contributed by atoms with Gasteiger partial charge in [0.1, 0.15) is 5.82 Å². The van der Waals surface area contributed by atoms with Gasteiger partial charge in [-0.25, -0.2) is 4.39 Å². The number of hydrogen-bond acceptors (Lipinski definition) is 3. The quantitative estimate of drug-likeness (QED) is 0.799. The van der Waals surface area contributed by atoms with E-state index >= 15 is 0 Å². The zero-order valence-corrected chi connectivity index (χ0v) is 11.6. The first-order chi connectivity index (χ1) is 9.58. The van der Waals surface area contributed by atoms with Gasteiger partial charge in [-0.05, 0) is 25.1 Å². The number of rotatable bonds is 5. The molecule has 1 atom stereocenters. The number of nitrogens with one attached hydrogen (secondary N) is 1. The molecule has 0 spiro atoms. The molecule has 0 aliphatic rings. The summed E-state index contributed by atoms with van der Waals surface area (Å²) in [5.74, 6) is 4.39. The standard InChI is InChI=1S/C15H18FNO3/c1-11(20-2)10-17-15(19)13-9-12(5-3-4-8-18)6-7-14(13)16/h6-7,9,11,18H,4,8,10H2,1-2H3,(H,17,19). The van der Waals surface area contributed by atoms with Crippen LogP contribution in [-0.2, 0) is 4.74 Å². The summed E-state index contributed by atoms with van der Waals surface area (Å²) in [5.41, 5.74) is 0.480. The third-order valence-corrected chi connectivity index (χ3v) is 2.63. The van der Waals surface area contributed by atoms with E-state index in [4.69, 9.17) is 9.84 Å². The summed E-state index contributed by atoms with van der Waals surface area (Å²) in [7, 11) is 1.54. The lowest BCUT2D eigenvalue weighted by molar-refractivity contribution is 0.0867. The predicted octanol–water partition coefficient (Wildman–Crippen LogP) is 1.32. The van der Waals surface area contributed by atoms with E-state index in [1.54, 1.807) is 6.92 Å². The first-order valence-corrected chi connectivity index (χ1v) is 6.28. The van der Waals surface area contributed by atoms with Crippen LogP contribution in [0.5, 0.6) is 0 Å². The molecule has 1 amide bonds. The van der Waals surface area contributed by atoms with Crippen LogP contribution in [0.3, 0.4) is 0 Å². The molecule has 4 nitrogen and oxygen atoms in total. The zero-order valence-electron chi connectivity index (χ0n) is 11.6. The van der Waals surface area contributed by atoms with Gasteiger partial charge >= 0.3 is 0 Å². The summed E-state index contributed by atoms with van der Waals surface area (Å²) in [5, 5.41) is 11.2. The van der Waals surface area contributed by atoms with Gasteiger partial charge < -0.3 is 15.2 Å². The average Bonchev–Trinajstić information content (AvgIpc) is 2.46. The van der Waals surface area contributed by atoms with Crippen LogP contribution in [-0.4, -0.2) is 37.4 Å². The molecule has 1 aromatic carbocycles. The molecule has 1 rings (SSSR count). The number of aliphatic hydroxyl groups is 1. The number of methoxy groups -OCH3 is 1. The lowest BCUT2D eigenvalue weighted by Gasteiger charge is -2.11.